The molecule has 0 atom stereocenters. The molecule has 0 spiro atoms. The first-order valence-electron chi connectivity index (χ1n) is 6.95. The minimum atomic E-state index is 0.842. The maximum Gasteiger partial charge on any atom is 0.152 e. The highest BCUT2D eigenvalue weighted by atomic mass is 32.1. The molecule has 3 aromatic rings. The van der Waals surface area contributed by atoms with Crippen LogP contribution < -0.4 is 5.32 Å². The standard InChI is InChI=1S/C15H16N4S/c1-10-7-13-15(16-5-6-19(13)18-10)17-9-12-8-11-3-2-4-14(11)20-12/h5-8H,2-4,9H2,1H3,(H,16,17). The second-order valence-electron chi connectivity index (χ2n) is 5.26. The van der Waals surface area contributed by atoms with Gasteiger partial charge in [0.25, 0.3) is 0 Å². The first-order chi connectivity index (χ1) is 9.79. The van der Waals surface area contributed by atoms with Crippen molar-refractivity contribution < 1.29 is 0 Å². The van der Waals surface area contributed by atoms with Crippen molar-refractivity contribution in [2.24, 2.45) is 0 Å². The fourth-order valence-corrected chi connectivity index (χ4v) is 4.03. The van der Waals surface area contributed by atoms with Gasteiger partial charge in [-0.2, -0.15) is 5.10 Å². The minimum Gasteiger partial charge on any atom is -0.363 e. The fraction of sp³-hybridized carbons (Fsp3) is 0.333. The molecule has 0 bridgehead atoms. The summed E-state index contributed by atoms with van der Waals surface area (Å²) in [5.74, 6) is 0.904. The van der Waals surface area contributed by atoms with E-state index in [1.807, 2.05) is 29.0 Å². The van der Waals surface area contributed by atoms with Crippen LogP contribution in [0.4, 0.5) is 5.82 Å². The van der Waals surface area contributed by atoms with Crippen LogP contribution >= 0.6 is 11.3 Å². The summed E-state index contributed by atoms with van der Waals surface area (Å²) in [5.41, 5.74) is 3.60. The lowest BCUT2D eigenvalue weighted by Crippen LogP contribution is -2.02. The maximum absolute atomic E-state index is 4.43. The third kappa shape index (κ3) is 1.98. The zero-order valence-corrected chi connectivity index (χ0v) is 12.2. The number of hydrogen-bond donors (Lipinski definition) is 1. The Morgan fingerprint density at radius 1 is 1.35 bits per heavy atom. The highest BCUT2D eigenvalue weighted by Crippen LogP contribution is 2.31. The molecule has 0 aromatic carbocycles. The van der Waals surface area contributed by atoms with Gasteiger partial charge in [-0.05, 0) is 43.9 Å². The summed E-state index contributed by atoms with van der Waals surface area (Å²) in [7, 11) is 0. The van der Waals surface area contributed by atoms with Gasteiger partial charge >= 0.3 is 0 Å². The smallest absolute Gasteiger partial charge is 0.152 e. The van der Waals surface area contributed by atoms with E-state index in [0.717, 1.165) is 23.6 Å². The molecule has 5 heteroatoms. The number of rotatable bonds is 3. The number of hydrogen-bond acceptors (Lipinski definition) is 4. The zero-order valence-electron chi connectivity index (χ0n) is 11.4. The van der Waals surface area contributed by atoms with E-state index in [0.29, 0.717) is 0 Å². The molecular formula is C15H16N4S. The highest BCUT2D eigenvalue weighted by molar-refractivity contribution is 7.12. The van der Waals surface area contributed by atoms with Gasteiger partial charge < -0.3 is 5.32 Å². The summed E-state index contributed by atoms with van der Waals surface area (Å²) in [6.45, 7) is 2.84. The summed E-state index contributed by atoms with van der Waals surface area (Å²) in [5, 5.41) is 7.85. The number of nitrogens with one attached hydrogen (secondary N) is 1. The van der Waals surface area contributed by atoms with Crippen LogP contribution in [0.2, 0.25) is 0 Å². The number of nitrogens with zero attached hydrogens (tertiary/aromatic N) is 3. The quantitative estimate of drug-likeness (QED) is 0.803. The molecule has 0 aliphatic heterocycles. The molecule has 0 radical (unpaired) electrons. The predicted octanol–water partition coefficient (Wildman–Crippen LogP) is 3.20. The van der Waals surface area contributed by atoms with E-state index in [4.69, 9.17) is 0 Å². The second kappa shape index (κ2) is 4.59. The lowest BCUT2D eigenvalue weighted by molar-refractivity contribution is 0.912. The van der Waals surface area contributed by atoms with Crippen molar-refractivity contribution in [1.82, 2.24) is 14.6 Å². The molecule has 4 rings (SSSR count). The second-order valence-corrected chi connectivity index (χ2v) is 6.48. The van der Waals surface area contributed by atoms with Gasteiger partial charge in [0, 0.05) is 22.1 Å². The van der Waals surface area contributed by atoms with Crippen molar-refractivity contribution in [3.63, 3.8) is 0 Å². The Morgan fingerprint density at radius 3 is 3.20 bits per heavy atom. The fourth-order valence-electron chi connectivity index (χ4n) is 2.83. The molecule has 3 heterocycles. The molecule has 3 aromatic heterocycles. The molecule has 4 nitrogen and oxygen atoms in total. The van der Waals surface area contributed by atoms with Crippen molar-refractivity contribution in [2.45, 2.75) is 32.7 Å². The summed E-state index contributed by atoms with van der Waals surface area (Å²) in [4.78, 5) is 7.41. The first-order valence-corrected chi connectivity index (χ1v) is 7.76. The normalized spacial score (nSPS) is 13.8. The van der Waals surface area contributed by atoms with Crippen molar-refractivity contribution in [2.75, 3.05) is 5.32 Å². The predicted molar refractivity (Wildman–Crippen MR) is 81.4 cm³/mol. The molecule has 20 heavy (non-hydrogen) atoms. The van der Waals surface area contributed by atoms with Gasteiger partial charge in [-0.15, -0.1) is 11.3 Å². The van der Waals surface area contributed by atoms with E-state index >= 15 is 0 Å². The SMILES string of the molecule is Cc1cc2c(NCc3cc4c(s3)CCC4)nccn2n1. The third-order valence-electron chi connectivity index (χ3n) is 3.74. The number of thiophene rings is 1. The van der Waals surface area contributed by atoms with Gasteiger partial charge in [-0.25, -0.2) is 9.50 Å². The molecule has 1 N–H and O–H groups in total. The van der Waals surface area contributed by atoms with Crippen LogP contribution in [0.1, 0.15) is 27.4 Å². The van der Waals surface area contributed by atoms with Gasteiger partial charge in [0.1, 0.15) is 5.52 Å². The Labute approximate surface area is 121 Å². The van der Waals surface area contributed by atoms with Crippen LogP contribution in [0.25, 0.3) is 5.52 Å². The molecule has 0 saturated heterocycles. The summed E-state index contributed by atoms with van der Waals surface area (Å²) >= 11 is 1.94. The Kier molecular flexibility index (Phi) is 2.73. The van der Waals surface area contributed by atoms with Crippen LogP contribution in [0.3, 0.4) is 0 Å². The molecule has 1 aliphatic carbocycles. The molecule has 1 aliphatic rings. The molecular weight excluding hydrogens is 268 g/mol. The van der Waals surface area contributed by atoms with Crippen LogP contribution in [-0.2, 0) is 19.4 Å². The number of fused-ring (bicyclic) bond motifs is 2. The molecule has 102 valence electrons. The highest BCUT2D eigenvalue weighted by Gasteiger charge is 2.14. The third-order valence-corrected chi connectivity index (χ3v) is 4.98. The van der Waals surface area contributed by atoms with Crippen molar-refractivity contribution >= 4 is 22.7 Å². The van der Waals surface area contributed by atoms with Crippen LogP contribution in [0, 0.1) is 6.92 Å². The van der Waals surface area contributed by atoms with E-state index < -0.39 is 0 Å². The van der Waals surface area contributed by atoms with E-state index in [1.54, 1.807) is 16.6 Å². The first kappa shape index (κ1) is 11.9. The minimum absolute atomic E-state index is 0.842. The van der Waals surface area contributed by atoms with Crippen molar-refractivity contribution in [3.05, 3.63) is 45.5 Å². The lowest BCUT2D eigenvalue weighted by Gasteiger charge is -2.05. The Hall–Kier alpha value is -1.88. The van der Waals surface area contributed by atoms with E-state index in [1.165, 1.54) is 24.1 Å². The Balaban J connectivity index is 1.58. The van der Waals surface area contributed by atoms with Crippen molar-refractivity contribution in [3.8, 4) is 0 Å². The lowest BCUT2D eigenvalue weighted by atomic mass is 10.2. The topological polar surface area (TPSA) is 42.2 Å². The average molecular weight is 284 g/mol. The van der Waals surface area contributed by atoms with Crippen LogP contribution in [-0.4, -0.2) is 14.6 Å². The van der Waals surface area contributed by atoms with Gasteiger partial charge in [-0.3, -0.25) is 0 Å². The Morgan fingerprint density at radius 2 is 2.30 bits per heavy atom. The molecule has 0 unspecified atom stereocenters. The number of anilines is 1. The average Bonchev–Trinajstić information content (AvgIpc) is 3.08. The Bertz CT molecular complexity index is 750. The van der Waals surface area contributed by atoms with Crippen LogP contribution in [0.5, 0.6) is 0 Å². The van der Waals surface area contributed by atoms with Crippen LogP contribution in [0.15, 0.2) is 24.5 Å². The van der Waals surface area contributed by atoms with Gasteiger partial charge in [-0.1, -0.05) is 0 Å². The number of aryl methyl sites for hydroxylation is 3. The van der Waals surface area contributed by atoms with Crippen molar-refractivity contribution in [1.29, 1.82) is 0 Å². The van der Waals surface area contributed by atoms with Gasteiger partial charge in [0.15, 0.2) is 5.82 Å². The van der Waals surface area contributed by atoms with E-state index in [2.05, 4.69) is 27.5 Å². The summed E-state index contributed by atoms with van der Waals surface area (Å²) in [6.07, 6.45) is 7.51. The van der Waals surface area contributed by atoms with E-state index in [9.17, 15) is 0 Å². The molecule has 0 fully saturated rings. The van der Waals surface area contributed by atoms with Gasteiger partial charge in [0.2, 0.25) is 0 Å². The summed E-state index contributed by atoms with van der Waals surface area (Å²) < 4.78 is 1.87. The zero-order chi connectivity index (χ0) is 13.5. The van der Waals surface area contributed by atoms with E-state index in [-0.39, 0.29) is 0 Å². The van der Waals surface area contributed by atoms with Gasteiger partial charge in [0.05, 0.1) is 12.2 Å². The summed E-state index contributed by atoms with van der Waals surface area (Å²) in [6, 6.07) is 4.41. The number of aromatic nitrogens is 3. The largest absolute Gasteiger partial charge is 0.363 e. The monoisotopic (exact) mass is 284 g/mol. The molecule has 0 saturated carbocycles. The maximum atomic E-state index is 4.43. The molecule has 0 amide bonds.